The van der Waals surface area contributed by atoms with Crippen molar-refractivity contribution in [3.8, 4) is 5.95 Å². The predicted molar refractivity (Wildman–Crippen MR) is 64.9 cm³/mol. The summed E-state index contributed by atoms with van der Waals surface area (Å²) in [5.41, 5.74) is 1.48. The van der Waals surface area contributed by atoms with Gasteiger partial charge in [0.15, 0.2) is 5.69 Å². The van der Waals surface area contributed by atoms with Gasteiger partial charge in [-0.2, -0.15) is 5.10 Å². The van der Waals surface area contributed by atoms with Crippen LogP contribution in [-0.2, 0) is 0 Å². The molecule has 0 saturated heterocycles. The number of carbonyl (C=O) groups is 1. The molecular weight excluding hydrogens is 232 g/mol. The summed E-state index contributed by atoms with van der Waals surface area (Å²) >= 11 is 0. The number of hydrogen-bond donors (Lipinski definition) is 1. The second kappa shape index (κ2) is 4.56. The van der Waals surface area contributed by atoms with E-state index < -0.39 is 5.97 Å². The van der Waals surface area contributed by atoms with Gasteiger partial charge in [0.25, 0.3) is 5.95 Å². The van der Waals surface area contributed by atoms with E-state index in [1.807, 2.05) is 19.9 Å². The number of hydrogen-bond acceptors (Lipinski definition) is 4. The molecule has 0 aromatic carbocycles. The van der Waals surface area contributed by atoms with E-state index in [9.17, 15) is 4.79 Å². The van der Waals surface area contributed by atoms with Crippen LogP contribution in [0.4, 0.5) is 0 Å². The molecule has 94 valence electrons. The number of nitrogens with zero attached hydrogens (tertiary/aromatic N) is 4. The van der Waals surface area contributed by atoms with Crippen LogP contribution >= 0.6 is 0 Å². The quantitative estimate of drug-likeness (QED) is 0.892. The second-order valence-electron chi connectivity index (χ2n) is 4.34. The maximum Gasteiger partial charge on any atom is 0.354 e. The Hall–Kier alpha value is -2.24. The Kier molecular flexibility index (Phi) is 3.10. The highest BCUT2D eigenvalue weighted by molar-refractivity contribution is 5.85. The molecule has 2 heterocycles. The number of rotatable bonds is 3. The predicted octanol–water partition coefficient (Wildman–Crippen LogP) is 1.79. The summed E-state index contributed by atoms with van der Waals surface area (Å²) in [4.78, 5) is 19.1. The summed E-state index contributed by atoms with van der Waals surface area (Å²) in [5.74, 6) is -0.493. The van der Waals surface area contributed by atoms with Gasteiger partial charge >= 0.3 is 5.97 Å². The Bertz CT molecular complexity index is 590. The highest BCUT2D eigenvalue weighted by atomic mass is 16.4. The van der Waals surface area contributed by atoms with Gasteiger partial charge in [-0.05, 0) is 25.0 Å². The SMILES string of the molecule is Cc1cc(C(=O)O)nc(-n2ccc(C(C)C)n2)n1. The summed E-state index contributed by atoms with van der Waals surface area (Å²) in [7, 11) is 0. The largest absolute Gasteiger partial charge is 0.477 e. The van der Waals surface area contributed by atoms with E-state index in [1.54, 1.807) is 13.1 Å². The number of aryl methyl sites for hydroxylation is 1. The van der Waals surface area contributed by atoms with Crippen molar-refractivity contribution < 1.29 is 9.90 Å². The van der Waals surface area contributed by atoms with Crippen LogP contribution in [0.2, 0.25) is 0 Å². The van der Waals surface area contributed by atoms with Crippen molar-refractivity contribution in [3.05, 3.63) is 35.4 Å². The van der Waals surface area contributed by atoms with Crippen LogP contribution < -0.4 is 0 Å². The van der Waals surface area contributed by atoms with Gasteiger partial charge < -0.3 is 5.11 Å². The van der Waals surface area contributed by atoms with Gasteiger partial charge in [0, 0.05) is 11.9 Å². The second-order valence-corrected chi connectivity index (χ2v) is 4.34. The molecule has 0 radical (unpaired) electrons. The molecule has 0 aliphatic heterocycles. The van der Waals surface area contributed by atoms with Crippen molar-refractivity contribution in [3.63, 3.8) is 0 Å². The molecule has 0 bridgehead atoms. The smallest absolute Gasteiger partial charge is 0.354 e. The minimum Gasteiger partial charge on any atom is -0.477 e. The molecule has 0 fully saturated rings. The van der Waals surface area contributed by atoms with E-state index in [2.05, 4.69) is 15.1 Å². The first kappa shape index (κ1) is 12.2. The third kappa shape index (κ3) is 2.37. The van der Waals surface area contributed by atoms with Crippen molar-refractivity contribution in [2.45, 2.75) is 26.7 Å². The fourth-order valence-electron chi connectivity index (χ4n) is 1.52. The van der Waals surface area contributed by atoms with E-state index in [0.29, 0.717) is 11.6 Å². The molecule has 0 aliphatic rings. The highest BCUT2D eigenvalue weighted by Crippen LogP contribution is 2.12. The van der Waals surface area contributed by atoms with Crippen molar-refractivity contribution in [1.29, 1.82) is 0 Å². The molecular formula is C12H14N4O2. The van der Waals surface area contributed by atoms with Crippen molar-refractivity contribution in [1.82, 2.24) is 19.7 Å². The normalized spacial score (nSPS) is 10.9. The number of aromatic carboxylic acids is 1. The summed E-state index contributed by atoms with van der Waals surface area (Å²) in [5, 5.41) is 13.3. The van der Waals surface area contributed by atoms with Crippen LogP contribution in [0.25, 0.3) is 5.95 Å². The zero-order chi connectivity index (χ0) is 13.3. The monoisotopic (exact) mass is 246 g/mol. The van der Waals surface area contributed by atoms with Crippen LogP contribution in [0.3, 0.4) is 0 Å². The molecule has 18 heavy (non-hydrogen) atoms. The van der Waals surface area contributed by atoms with Crippen LogP contribution in [0.1, 0.15) is 41.6 Å². The van der Waals surface area contributed by atoms with Gasteiger partial charge in [-0.15, -0.1) is 0 Å². The molecule has 2 aromatic rings. The van der Waals surface area contributed by atoms with Crippen molar-refractivity contribution in [2.24, 2.45) is 0 Å². The molecule has 1 N–H and O–H groups in total. The fraction of sp³-hybridized carbons (Fsp3) is 0.333. The Morgan fingerprint density at radius 3 is 2.67 bits per heavy atom. The molecule has 6 nitrogen and oxygen atoms in total. The molecule has 2 rings (SSSR count). The molecule has 0 saturated carbocycles. The minimum atomic E-state index is -1.07. The number of carboxylic acids is 1. The van der Waals surface area contributed by atoms with Crippen LogP contribution in [0.15, 0.2) is 18.3 Å². The Labute approximate surface area is 104 Å². The lowest BCUT2D eigenvalue weighted by atomic mass is 10.1. The number of carboxylic acid groups (broad SMARTS) is 1. The lowest BCUT2D eigenvalue weighted by Crippen LogP contribution is -2.09. The molecule has 0 amide bonds. The molecule has 0 unspecified atom stereocenters. The maximum absolute atomic E-state index is 10.9. The van der Waals surface area contributed by atoms with Crippen LogP contribution in [0.5, 0.6) is 0 Å². The van der Waals surface area contributed by atoms with Gasteiger partial charge in [0.1, 0.15) is 0 Å². The van der Waals surface area contributed by atoms with Gasteiger partial charge in [0.05, 0.1) is 5.69 Å². The van der Waals surface area contributed by atoms with Crippen molar-refractivity contribution >= 4 is 5.97 Å². The number of aromatic nitrogens is 4. The molecule has 0 atom stereocenters. The van der Waals surface area contributed by atoms with Gasteiger partial charge in [-0.25, -0.2) is 19.4 Å². The Balaban J connectivity index is 2.46. The fourth-order valence-corrected chi connectivity index (χ4v) is 1.52. The van der Waals surface area contributed by atoms with Crippen LogP contribution in [-0.4, -0.2) is 30.8 Å². The highest BCUT2D eigenvalue weighted by Gasteiger charge is 2.11. The standard InChI is InChI=1S/C12H14N4O2/c1-7(2)9-4-5-16(15-9)12-13-8(3)6-10(14-12)11(17)18/h4-7H,1-3H3,(H,17,18). The average molecular weight is 246 g/mol. The van der Waals surface area contributed by atoms with Gasteiger partial charge in [0.2, 0.25) is 0 Å². The maximum atomic E-state index is 10.9. The summed E-state index contributed by atoms with van der Waals surface area (Å²) in [6, 6.07) is 3.30. The molecule has 2 aromatic heterocycles. The van der Waals surface area contributed by atoms with E-state index in [0.717, 1.165) is 5.69 Å². The first-order chi connectivity index (χ1) is 8.47. The third-order valence-corrected chi connectivity index (χ3v) is 2.47. The average Bonchev–Trinajstić information content (AvgIpc) is 2.77. The zero-order valence-electron chi connectivity index (χ0n) is 10.5. The lowest BCUT2D eigenvalue weighted by molar-refractivity contribution is 0.0690. The van der Waals surface area contributed by atoms with E-state index >= 15 is 0 Å². The van der Waals surface area contributed by atoms with E-state index in [4.69, 9.17) is 5.11 Å². The van der Waals surface area contributed by atoms with Gasteiger partial charge in [-0.3, -0.25) is 0 Å². The van der Waals surface area contributed by atoms with E-state index in [1.165, 1.54) is 10.7 Å². The first-order valence-corrected chi connectivity index (χ1v) is 5.62. The van der Waals surface area contributed by atoms with Crippen LogP contribution in [0, 0.1) is 6.92 Å². The minimum absolute atomic E-state index is 0.0286. The Morgan fingerprint density at radius 2 is 2.11 bits per heavy atom. The third-order valence-electron chi connectivity index (χ3n) is 2.47. The topological polar surface area (TPSA) is 80.9 Å². The summed E-state index contributed by atoms with van der Waals surface area (Å²) in [6.45, 7) is 5.80. The summed E-state index contributed by atoms with van der Waals surface area (Å²) in [6.07, 6.45) is 1.73. The molecule has 0 aliphatic carbocycles. The lowest BCUT2D eigenvalue weighted by Gasteiger charge is -2.03. The molecule has 0 spiro atoms. The summed E-state index contributed by atoms with van der Waals surface area (Å²) < 4.78 is 1.49. The zero-order valence-corrected chi connectivity index (χ0v) is 10.5. The molecule has 6 heteroatoms. The van der Waals surface area contributed by atoms with Gasteiger partial charge in [-0.1, -0.05) is 13.8 Å². The first-order valence-electron chi connectivity index (χ1n) is 5.62. The van der Waals surface area contributed by atoms with E-state index in [-0.39, 0.29) is 11.6 Å². The van der Waals surface area contributed by atoms with Crippen molar-refractivity contribution in [2.75, 3.05) is 0 Å². The Morgan fingerprint density at radius 1 is 1.39 bits per heavy atom.